The lowest BCUT2D eigenvalue weighted by Gasteiger charge is -2.22. The summed E-state index contributed by atoms with van der Waals surface area (Å²) in [4.78, 5) is 13.3. The van der Waals surface area contributed by atoms with Gasteiger partial charge in [0, 0.05) is 9.92 Å². The van der Waals surface area contributed by atoms with E-state index in [1.54, 1.807) is 0 Å². The van der Waals surface area contributed by atoms with Gasteiger partial charge in [0.25, 0.3) is 0 Å². The van der Waals surface area contributed by atoms with E-state index in [0.717, 1.165) is 16.2 Å². The third-order valence-electron chi connectivity index (χ3n) is 3.85. The van der Waals surface area contributed by atoms with Crippen LogP contribution in [0.4, 0.5) is 0 Å². The van der Waals surface area contributed by atoms with Gasteiger partial charge in [-0.25, -0.2) is 0 Å². The average molecular weight is 392 g/mol. The summed E-state index contributed by atoms with van der Waals surface area (Å²) in [5.74, 6) is 0.871. The van der Waals surface area contributed by atoms with Gasteiger partial charge >= 0.3 is 0 Å². The number of rotatable bonds is 7. The molecule has 0 bridgehead atoms. The Hall–Kier alpha value is -1.65. The van der Waals surface area contributed by atoms with Crippen molar-refractivity contribution in [2.24, 2.45) is 0 Å². The summed E-state index contributed by atoms with van der Waals surface area (Å²) in [7, 11) is 0. The predicted molar refractivity (Wildman–Crippen MR) is 110 cm³/mol. The van der Waals surface area contributed by atoms with E-state index in [9.17, 15) is 4.79 Å². The Morgan fingerprint density at radius 1 is 1.15 bits per heavy atom. The van der Waals surface area contributed by atoms with Gasteiger partial charge in [-0.1, -0.05) is 50.6 Å². The highest BCUT2D eigenvalue weighted by molar-refractivity contribution is 8.00. The molecular weight excluding hydrogens is 366 g/mol. The maximum absolute atomic E-state index is 12.2. The van der Waals surface area contributed by atoms with Crippen molar-refractivity contribution in [1.29, 1.82) is 0 Å². The van der Waals surface area contributed by atoms with E-state index in [2.05, 4.69) is 32.2 Å². The minimum absolute atomic E-state index is 0.00217. The van der Waals surface area contributed by atoms with Crippen molar-refractivity contribution in [3.05, 3.63) is 59.1 Å². The summed E-state index contributed by atoms with van der Waals surface area (Å²) in [5.41, 5.74) is 1.18. The summed E-state index contributed by atoms with van der Waals surface area (Å²) in [6.07, 6.45) is 0. The molecule has 0 aromatic heterocycles. The van der Waals surface area contributed by atoms with E-state index >= 15 is 0 Å². The molecule has 2 aromatic carbocycles. The van der Waals surface area contributed by atoms with Gasteiger partial charge in [-0.2, -0.15) is 0 Å². The van der Waals surface area contributed by atoms with Crippen LogP contribution < -0.4 is 10.1 Å². The fourth-order valence-corrected chi connectivity index (χ4v) is 3.48. The Labute approximate surface area is 165 Å². The minimum Gasteiger partial charge on any atom is -0.491 e. The summed E-state index contributed by atoms with van der Waals surface area (Å²) >= 11 is 7.39. The first-order chi connectivity index (χ1) is 12.3. The van der Waals surface area contributed by atoms with Gasteiger partial charge in [0.05, 0.1) is 11.8 Å². The van der Waals surface area contributed by atoms with Crippen molar-refractivity contribution < 1.29 is 9.53 Å². The van der Waals surface area contributed by atoms with Crippen molar-refractivity contribution in [3.8, 4) is 5.75 Å². The van der Waals surface area contributed by atoms with Gasteiger partial charge in [0.1, 0.15) is 12.4 Å². The number of thioether (sulfide) groups is 1. The van der Waals surface area contributed by atoms with Crippen molar-refractivity contribution in [2.75, 3.05) is 13.2 Å². The SMILES string of the molecule is C[C@H](Sc1ccc(Cl)cc1)C(=O)NCCOc1ccccc1C(C)(C)C. The van der Waals surface area contributed by atoms with Crippen molar-refractivity contribution >= 4 is 29.3 Å². The van der Waals surface area contributed by atoms with Crippen LogP contribution in [0.15, 0.2) is 53.4 Å². The smallest absolute Gasteiger partial charge is 0.233 e. The van der Waals surface area contributed by atoms with E-state index in [1.165, 1.54) is 11.8 Å². The summed E-state index contributed by atoms with van der Waals surface area (Å²) < 4.78 is 5.89. The zero-order valence-electron chi connectivity index (χ0n) is 15.7. The first-order valence-electron chi connectivity index (χ1n) is 8.69. The van der Waals surface area contributed by atoms with E-state index in [0.29, 0.717) is 18.2 Å². The highest BCUT2D eigenvalue weighted by Crippen LogP contribution is 2.30. The van der Waals surface area contributed by atoms with Gasteiger partial charge in [-0.3, -0.25) is 4.79 Å². The number of hydrogen-bond donors (Lipinski definition) is 1. The monoisotopic (exact) mass is 391 g/mol. The van der Waals surface area contributed by atoms with E-state index in [1.807, 2.05) is 49.4 Å². The summed E-state index contributed by atoms with van der Waals surface area (Å²) in [6, 6.07) is 15.5. The molecule has 0 fully saturated rings. The molecule has 1 N–H and O–H groups in total. The van der Waals surface area contributed by atoms with Crippen LogP contribution >= 0.6 is 23.4 Å². The van der Waals surface area contributed by atoms with Crippen LogP contribution in [-0.2, 0) is 10.2 Å². The molecule has 1 atom stereocenters. The van der Waals surface area contributed by atoms with E-state index in [4.69, 9.17) is 16.3 Å². The maximum atomic E-state index is 12.2. The molecule has 2 rings (SSSR count). The maximum Gasteiger partial charge on any atom is 0.233 e. The van der Waals surface area contributed by atoms with Gasteiger partial charge < -0.3 is 10.1 Å². The first kappa shape index (κ1) is 20.7. The third-order valence-corrected chi connectivity index (χ3v) is 5.21. The molecule has 5 heteroatoms. The lowest BCUT2D eigenvalue weighted by Crippen LogP contribution is -2.34. The largest absolute Gasteiger partial charge is 0.491 e. The van der Waals surface area contributed by atoms with Crippen LogP contribution in [0.2, 0.25) is 5.02 Å². The Balaban J connectivity index is 1.79. The number of hydrogen-bond acceptors (Lipinski definition) is 3. The van der Waals surface area contributed by atoms with Gasteiger partial charge in [0.2, 0.25) is 5.91 Å². The molecule has 0 saturated heterocycles. The van der Waals surface area contributed by atoms with Crippen molar-refractivity contribution in [3.63, 3.8) is 0 Å². The van der Waals surface area contributed by atoms with E-state index in [-0.39, 0.29) is 16.6 Å². The third kappa shape index (κ3) is 6.26. The molecule has 1 amide bonds. The lowest BCUT2D eigenvalue weighted by molar-refractivity contribution is -0.120. The Bertz CT molecular complexity index is 726. The lowest BCUT2D eigenvalue weighted by atomic mass is 9.86. The highest BCUT2D eigenvalue weighted by atomic mass is 35.5. The van der Waals surface area contributed by atoms with Crippen molar-refractivity contribution in [2.45, 2.75) is 43.3 Å². The molecule has 0 aliphatic heterocycles. The molecule has 0 aliphatic carbocycles. The standard InChI is InChI=1S/C21H26ClNO2S/c1-15(26-17-11-9-16(22)10-12-17)20(24)23-13-14-25-19-8-6-5-7-18(19)21(2,3)4/h5-12,15H,13-14H2,1-4H3,(H,23,24)/t15-/m0/s1. The fourth-order valence-electron chi connectivity index (χ4n) is 2.46. The molecule has 0 spiro atoms. The molecule has 0 unspecified atom stereocenters. The van der Waals surface area contributed by atoms with Crippen LogP contribution in [0.5, 0.6) is 5.75 Å². The molecule has 140 valence electrons. The second-order valence-electron chi connectivity index (χ2n) is 7.10. The van der Waals surface area contributed by atoms with Crippen molar-refractivity contribution in [1.82, 2.24) is 5.32 Å². The second-order valence-corrected chi connectivity index (χ2v) is 8.95. The average Bonchev–Trinajstić information content (AvgIpc) is 2.60. The molecule has 0 radical (unpaired) electrons. The van der Waals surface area contributed by atoms with Crippen LogP contribution in [0, 0.1) is 0 Å². The Morgan fingerprint density at radius 2 is 1.81 bits per heavy atom. The number of benzene rings is 2. The van der Waals surface area contributed by atoms with Gasteiger partial charge in [-0.05, 0) is 48.2 Å². The Morgan fingerprint density at radius 3 is 2.46 bits per heavy atom. The number of ether oxygens (including phenoxy) is 1. The van der Waals surface area contributed by atoms with Gasteiger partial charge in [0.15, 0.2) is 0 Å². The number of halogens is 1. The number of para-hydroxylation sites is 1. The van der Waals surface area contributed by atoms with E-state index < -0.39 is 0 Å². The molecule has 0 heterocycles. The first-order valence-corrected chi connectivity index (χ1v) is 9.95. The topological polar surface area (TPSA) is 38.3 Å². The molecular formula is C21H26ClNO2S. The van der Waals surface area contributed by atoms with Crippen LogP contribution in [-0.4, -0.2) is 24.3 Å². The molecule has 0 saturated carbocycles. The fraction of sp³-hybridized carbons (Fsp3) is 0.381. The quantitative estimate of drug-likeness (QED) is 0.513. The second kappa shape index (κ2) is 9.33. The zero-order valence-corrected chi connectivity index (χ0v) is 17.3. The predicted octanol–water partition coefficient (Wildman–Crippen LogP) is 5.31. The summed E-state index contributed by atoms with van der Waals surface area (Å²) in [6.45, 7) is 9.29. The van der Waals surface area contributed by atoms with Crippen LogP contribution in [0.3, 0.4) is 0 Å². The number of carbonyl (C=O) groups is 1. The Kier molecular flexibility index (Phi) is 7.42. The molecule has 3 nitrogen and oxygen atoms in total. The molecule has 26 heavy (non-hydrogen) atoms. The number of amides is 1. The molecule has 0 aliphatic rings. The normalized spacial score (nSPS) is 12.5. The zero-order chi connectivity index (χ0) is 19.2. The van der Waals surface area contributed by atoms with Gasteiger partial charge in [-0.15, -0.1) is 11.8 Å². The summed E-state index contributed by atoms with van der Waals surface area (Å²) in [5, 5.41) is 3.44. The number of carbonyl (C=O) groups excluding carboxylic acids is 1. The highest BCUT2D eigenvalue weighted by Gasteiger charge is 2.18. The molecule has 2 aromatic rings. The minimum atomic E-state index is -0.182. The van der Waals surface area contributed by atoms with Crippen LogP contribution in [0.25, 0.3) is 0 Å². The van der Waals surface area contributed by atoms with Crippen LogP contribution in [0.1, 0.15) is 33.3 Å². The number of nitrogens with one attached hydrogen (secondary N) is 1.